The van der Waals surface area contributed by atoms with Gasteiger partial charge in [-0.05, 0) is 37.5 Å². The molecule has 2 aliphatic heterocycles. The predicted octanol–water partition coefficient (Wildman–Crippen LogP) is 2.90. The van der Waals surface area contributed by atoms with Crippen molar-refractivity contribution in [3.8, 4) is 0 Å². The Morgan fingerprint density at radius 3 is 2.53 bits per heavy atom. The van der Waals surface area contributed by atoms with Gasteiger partial charge in [0.1, 0.15) is 12.3 Å². The average molecular weight is 454 g/mol. The van der Waals surface area contributed by atoms with Crippen molar-refractivity contribution in [3.05, 3.63) is 29.3 Å². The van der Waals surface area contributed by atoms with E-state index >= 15 is 0 Å². The first-order chi connectivity index (χ1) is 15.1. The van der Waals surface area contributed by atoms with Gasteiger partial charge in [0.25, 0.3) is 5.91 Å². The number of carbonyl (C=O) groups excluding carboxylic acids is 2. The van der Waals surface area contributed by atoms with Crippen LogP contribution >= 0.6 is 0 Å². The Morgan fingerprint density at radius 2 is 1.84 bits per heavy atom. The molecular formula is C22H29F3N4O3. The largest absolute Gasteiger partial charge is 0.411 e. The lowest BCUT2D eigenvalue weighted by atomic mass is 10.1. The molecular weight excluding hydrogens is 425 g/mol. The standard InChI is InChI=1S/C22H29F3N4O3/c1-16-4-5-17(2)19(14-16)29-20(30)7-6-18(26-29)21(31)28-11-9-27(10-12-28)8-3-13-32-15-22(23,24)25/h4-5,14H,3,6-13,15H2,1-2H3. The van der Waals surface area contributed by atoms with Crippen molar-refractivity contribution in [2.24, 2.45) is 5.10 Å². The number of hydrazone groups is 1. The summed E-state index contributed by atoms with van der Waals surface area (Å²) in [6.07, 6.45) is -3.25. The molecule has 1 fully saturated rings. The normalized spacial score (nSPS) is 18.2. The second-order valence-electron chi connectivity index (χ2n) is 8.20. The number of hydrogen-bond donors (Lipinski definition) is 0. The number of nitrogens with zero attached hydrogens (tertiary/aromatic N) is 4. The number of rotatable bonds is 7. The summed E-state index contributed by atoms with van der Waals surface area (Å²) in [5.74, 6) is -0.297. The Hall–Kier alpha value is -2.46. The van der Waals surface area contributed by atoms with Gasteiger partial charge in [-0.2, -0.15) is 18.3 Å². The van der Waals surface area contributed by atoms with Crippen molar-refractivity contribution < 1.29 is 27.5 Å². The second kappa shape index (κ2) is 10.4. The quantitative estimate of drug-likeness (QED) is 0.595. The van der Waals surface area contributed by atoms with Gasteiger partial charge in [0, 0.05) is 52.2 Å². The van der Waals surface area contributed by atoms with Crippen LogP contribution in [0.25, 0.3) is 0 Å². The zero-order valence-electron chi connectivity index (χ0n) is 18.5. The maximum Gasteiger partial charge on any atom is 0.411 e. The Balaban J connectivity index is 1.52. The summed E-state index contributed by atoms with van der Waals surface area (Å²) in [6, 6.07) is 5.78. The van der Waals surface area contributed by atoms with E-state index in [0.717, 1.165) is 11.1 Å². The summed E-state index contributed by atoms with van der Waals surface area (Å²) in [4.78, 5) is 29.3. The minimum atomic E-state index is -4.30. The highest BCUT2D eigenvalue weighted by atomic mass is 19.4. The average Bonchev–Trinajstić information content (AvgIpc) is 2.75. The van der Waals surface area contributed by atoms with Gasteiger partial charge < -0.3 is 9.64 Å². The Morgan fingerprint density at radius 1 is 1.12 bits per heavy atom. The minimum absolute atomic E-state index is 0.0533. The summed E-state index contributed by atoms with van der Waals surface area (Å²) in [5.41, 5.74) is 2.98. The molecule has 32 heavy (non-hydrogen) atoms. The van der Waals surface area contributed by atoms with Crippen LogP contribution in [0.5, 0.6) is 0 Å². The molecule has 0 spiro atoms. The molecule has 2 aliphatic rings. The van der Waals surface area contributed by atoms with Crippen LogP contribution in [0.1, 0.15) is 30.4 Å². The minimum Gasteiger partial charge on any atom is -0.372 e. The number of hydrogen-bond acceptors (Lipinski definition) is 5. The molecule has 1 aromatic rings. The molecule has 0 aromatic heterocycles. The molecule has 3 rings (SSSR count). The first-order valence-corrected chi connectivity index (χ1v) is 10.8. The van der Waals surface area contributed by atoms with Gasteiger partial charge in [-0.15, -0.1) is 0 Å². The molecule has 1 aromatic carbocycles. The van der Waals surface area contributed by atoms with Crippen LogP contribution in [0.4, 0.5) is 18.9 Å². The van der Waals surface area contributed by atoms with Crippen molar-refractivity contribution in [1.29, 1.82) is 0 Å². The van der Waals surface area contributed by atoms with Crippen molar-refractivity contribution in [3.63, 3.8) is 0 Å². The number of benzene rings is 1. The van der Waals surface area contributed by atoms with Crippen molar-refractivity contribution >= 4 is 23.2 Å². The van der Waals surface area contributed by atoms with Crippen LogP contribution in [0.15, 0.2) is 23.3 Å². The Bertz CT molecular complexity index is 864. The molecule has 0 atom stereocenters. The van der Waals surface area contributed by atoms with Crippen LogP contribution in [-0.2, 0) is 14.3 Å². The lowest BCUT2D eigenvalue weighted by Crippen LogP contribution is -2.51. The number of halogens is 3. The molecule has 0 saturated carbocycles. The number of ether oxygens (including phenoxy) is 1. The highest BCUT2D eigenvalue weighted by Gasteiger charge is 2.31. The van der Waals surface area contributed by atoms with Crippen LogP contribution in [0.2, 0.25) is 0 Å². The fourth-order valence-electron chi connectivity index (χ4n) is 3.78. The van der Waals surface area contributed by atoms with Gasteiger partial charge in [0.05, 0.1) is 5.69 Å². The zero-order chi connectivity index (χ0) is 23.3. The molecule has 0 aliphatic carbocycles. The summed E-state index contributed by atoms with van der Waals surface area (Å²) in [7, 11) is 0. The highest BCUT2D eigenvalue weighted by molar-refractivity contribution is 6.40. The maximum absolute atomic E-state index is 13.0. The molecule has 2 amide bonds. The van der Waals surface area contributed by atoms with E-state index in [0.29, 0.717) is 57.0 Å². The molecule has 2 heterocycles. The first kappa shape index (κ1) is 24.2. The third kappa shape index (κ3) is 6.52. The maximum atomic E-state index is 13.0. The Labute approximate surface area is 185 Å². The van der Waals surface area contributed by atoms with Crippen molar-refractivity contribution in [2.75, 3.05) is 50.9 Å². The summed E-state index contributed by atoms with van der Waals surface area (Å²) < 4.78 is 40.9. The summed E-state index contributed by atoms with van der Waals surface area (Å²) >= 11 is 0. The number of anilines is 1. The number of aryl methyl sites for hydroxylation is 2. The SMILES string of the molecule is Cc1ccc(C)c(N2N=C(C(=O)N3CCN(CCCOCC(F)(F)F)CC3)CCC2=O)c1. The van der Waals surface area contributed by atoms with Gasteiger partial charge in [-0.3, -0.25) is 14.5 Å². The van der Waals surface area contributed by atoms with E-state index in [-0.39, 0.29) is 24.8 Å². The Kier molecular flexibility index (Phi) is 7.89. The van der Waals surface area contributed by atoms with Crippen molar-refractivity contribution in [2.45, 2.75) is 39.3 Å². The van der Waals surface area contributed by atoms with E-state index in [1.54, 1.807) is 4.90 Å². The van der Waals surface area contributed by atoms with Crippen LogP contribution in [0, 0.1) is 13.8 Å². The van der Waals surface area contributed by atoms with E-state index in [1.807, 2.05) is 32.0 Å². The van der Waals surface area contributed by atoms with Gasteiger partial charge in [-0.25, -0.2) is 5.01 Å². The number of piperazine rings is 1. The molecule has 0 bridgehead atoms. The zero-order valence-corrected chi connectivity index (χ0v) is 18.5. The fourth-order valence-corrected chi connectivity index (χ4v) is 3.78. The monoisotopic (exact) mass is 454 g/mol. The molecule has 0 N–H and O–H groups in total. The molecule has 176 valence electrons. The van der Waals surface area contributed by atoms with E-state index in [1.165, 1.54) is 5.01 Å². The smallest absolute Gasteiger partial charge is 0.372 e. The first-order valence-electron chi connectivity index (χ1n) is 10.8. The highest BCUT2D eigenvalue weighted by Crippen LogP contribution is 2.26. The summed E-state index contributed by atoms with van der Waals surface area (Å²) in [6.45, 7) is 5.59. The van der Waals surface area contributed by atoms with Gasteiger partial charge in [0.15, 0.2) is 0 Å². The number of carbonyl (C=O) groups is 2. The van der Waals surface area contributed by atoms with E-state index in [2.05, 4.69) is 14.7 Å². The van der Waals surface area contributed by atoms with Gasteiger partial charge in [0.2, 0.25) is 5.91 Å². The second-order valence-corrected chi connectivity index (χ2v) is 8.20. The predicted molar refractivity (Wildman–Crippen MR) is 115 cm³/mol. The summed E-state index contributed by atoms with van der Waals surface area (Å²) in [5, 5.41) is 5.75. The third-order valence-corrected chi connectivity index (χ3v) is 5.56. The van der Waals surface area contributed by atoms with Crippen LogP contribution < -0.4 is 5.01 Å². The van der Waals surface area contributed by atoms with E-state index in [4.69, 9.17) is 0 Å². The lowest BCUT2D eigenvalue weighted by Gasteiger charge is -2.35. The van der Waals surface area contributed by atoms with Gasteiger partial charge >= 0.3 is 6.18 Å². The molecule has 1 saturated heterocycles. The molecule has 0 radical (unpaired) electrons. The fraction of sp³-hybridized carbons (Fsp3) is 0.591. The van der Waals surface area contributed by atoms with E-state index < -0.39 is 12.8 Å². The van der Waals surface area contributed by atoms with Crippen LogP contribution in [-0.4, -0.2) is 79.4 Å². The number of amides is 2. The van der Waals surface area contributed by atoms with Gasteiger partial charge in [-0.1, -0.05) is 12.1 Å². The van der Waals surface area contributed by atoms with E-state index in [9.17, 15) is 22.8 Å². The third-order valence-electron chi connectivity index (χ3n) is 5.56. The topological polar surface area (TPSA) is 65.5 Å². The van der Waals surface area contributed by atoms with Crippen molar-refractivity contribution in [1.82, 2.24) is 9.80 Å². The molecule has 0 unspecified atom stereocenters. The lowest BCUT2D eigenvalue weighted by molar-refractivity contribution is -0.174. The molecule has 10 heteroatoms. The number of alkyl halides is 3. The van der Waals surface area contributed by atoms with Crippen LogP contribution in [0.3, 0.4) is 0 Å². The molecule has 7 nitrogen and oxygen atoms in total.